The van der Waals surface area contributed by atoms with Crippen LogP contribution in [-0.4, -0.2) is 13.1 Å². The molecule has 1 saturated heterocycles. The molecule has 0 aliphatic carbocycles. The number of aryl methyl sites for hydroxylation is 1. The number of halogens is 3. The highest BCUT2D eigenvalue weighted by molar-refractivity contribution is 6.30. The van der Waals surface area contributed by atoms with Gasteiger partial charge in [0.2, 0.25) is 0 Å². The first-order valence-corrected chi connectivity index (χ1v) is 7.41. The maximum absolute atomic E-state index is 13.7. The van der Waals surface area contributed by atoms with Crippen molar-refractivity contribution >= 4 is 24.0 Å². The number of hydrogen-bond acceptors (Lipinski definition) is 2. The Kier molecular flexibility index (Phi) is 5.68. The maximum atomic E-state index is 13.7. The van der Waals surface area contributed by atoms with Crippen LogP contribution in [0.15, 0.2) is 42.5 Å². The second-order valence-electron chi connectivity index (χ2n) is 5.40. The second-order valence-corrected chi connectivity index (χ2v) is 5.80. The third-order valence-electron chi connectivity index (χ3n) is 3.86. The van der Waals surface area contributed by atoms with Gasteiger partial charge in [-0.05, 0) is 36.2 Å². The van der Waals surface area contributed by atoms with Crippen LogP contribution in [-0.2, 0) is 0 Å². The third kappa shape index (κ3) is 3.54. The summed E-state index contributed by atoms with van der Waals surface area (Å²) in [7, 11) is 0. The molecule has 0 radical (unpaired) electrons. The molecule has 0 bridgehead atoms. The second kappa shape index (κ2) is 7.32. The van der Waals surface area contributed by atoms with E-state index in [0.29, 0.717) is 5.92 Å². The van der Waals surface area contributed by atoms with Gasteiger partial charge in [-0.1, -0.05) is 35.9 Å². The molecule has 0 spiro atoms. The van der Waals surface area contributed by atoms with Crippen molar-refractivity contribution in [1.82, 2.24) is 5.32 Å². The van der Waals surface area contributed by atoms with Crippen LogP contribution in [0, 0.1) is 18.7 Å². The zero-order chi connectivity index (χ0) is 14.8. The van der Waals surface area contributed by atoms with Gasteiger partial charge in [0.05, 0.1) is 5.02 Å². The van der Waals surface area contributed by atoms with Crippen molar-refractivity contribution in [2.75, 3.05) is 13.1 Å². The zero-order valence-corrected chi connectivity index (χ0v) is 13.8. The Hall–Kier alpha value is -1.29. The minimum atomic E-state index is -0.403. The minimum Gasteiger partial charge on any atom is -0.485 e. The molecule has 1 aliphatic rings. The van der Waals surface area contributed by atoms with Crippen LogP contribution in [0.25, 0.3) is 0 Å². The lowest BCUT2D eigenvalue weighted by Gasteiger charge is -2.35. The van der Waals surface area contributed by atoms with Crippen molar-refractivity contribution in [3.8, 4) is 5.75 Å². The highest BCUT2D eigenvalue weighted by Gasteiger charge is 2.30. The van der Waals surface area contributed by atoms with Gasteiger partial charge >= 0.3 is 0 Å². The highest BCUT2D eigenvalue weighted by Crippen LogP contribution is 2.33. The summed E-state index contributed by atoms with van der Waals surface area (Å²) in [5.41, 5.74) is 1.90. The van der Waals surface area contributed by atoms with Crippen molar-refractivity contribution < 1.29 is 9.13 Å². The van der Waals surface area contributed by atoms with E-state index in [1.54, 1.807) is 6.07 Å². The van der Waals surface area contributed by atoms with Crippen LogP contribution in [0.1, 0.15) is 17.2 Å². The van der Waals surface area contributed by atoms with Gasteiger partial charge in [-0.3, -0.25) is 0 Å². The van der Waals surface area contributed by atoms with E-state index in [0.717, 1.165) is 30.0 Å². The molecule has 2 aromatic rings. The molecule has 1 atom stereocenters. The SMILES string of the molecule is Cc1ccccc1O[C@H](c1ccc(Cl)c(F)c1)C1CNC1.Cl. The average molecular weight is 342 g/mol. The molecule has 2 nitrogen and oxygen atoms in total. The van der Waals surface area contributed by atoms with E-state index in [4.69, 9.17) is 16.3 Å². The molecular formula is C17H18Cl2FNO. The summed E-state index contributed by atoms with van der Waals surface area (Å²) in [6, 6.07) is 12.8. The summed E-state index contributed by atoms with van der Waals surface area (Å²) in [5.74, 6) is 0.773. The van der Waals surface area contributed by atoms with Gasteiger partial charge in [0.25, 0.3) is 0 Å². The molecule has 1 N–H and O–H groups in total. The Morgan fingerprint density at radius 2 is 1.95 bits per heavy atom. The Bertz CT molecular complexity index is 646. The summed E-state index contributed by atoms with van der Waals surface area (Å²) in [4.78, 5) is 0. The normalized spacial score (nSPS) is 15.6. The number of nitrogens with one attached hydrogen (secondary N) is 1. The van der Waals surface area contributed by atoms with Gasteiger partial charge in [-0.2, -0.15) is 0 Å². The molecule has 5 heteroatoms. The Morgan fingerprint density at radius 3 is 2.55 bits per heavy atom. The van der Waals surface area contributed by atoms with E-state index >= 15 is 0 Å². The van der Waals surface area contributed by atoms with E-state index in [-0.39, 0.29) is 23.5 Å². The molecule has 2 aromatic carbocycles. The highest BCUT2D eigenvalue weighted by atomic mass is 35.5. The molecule has 1 heterocycles. The zero-order valence-electron chi connectivity index (χ0n) is 12.2. The fourth-order valence-electron chi connectivity index (χ4n) is 2.48. The topological polar surface area (TPSA) is 21.3 Å². The molecular weight excluding hydrogens is 324 g/mol. The average Bonchev–Trinajstić information content (AvgIpc) is 2.41. The van der Waals surface area contributed by atoms with Gasteiger partial charge < -0.3 is 10.1 Å². The van der Waals surface area contributed by atoms with Crippen LogP contribution in [0.5, 0.6) is 5.75 Å². The van der Waals surface area contributed by atoms with E-state index in [1.165, 1.54) is 6.07 Å². The van der Waals surface area contributed by atoms with Crippen LogP contribution in [0.2, 0.25) is 5.02 Å². The Morgan fingerprint density at radius 1 is 1.23 bits per heavy atom. The third-order valence-corrected chi connectivity index (χ3v) is 4.17. The maximum Gasteiger partial charge on any atom is 0.142 e. The molecule has 0 unspecified atom stereocenters. The first-order valence-electron chi connectivity index (χ1n) is 7.03. The summed E-state index contributed by atoms with van der Waals surface area (Å²) in [5, 5.41) is 3.38. The van der Waals surface area contributed by atoms with Crippen LogP contribution < -0.4 is 10.1 Å². The van der Waals surface area contributed by atoms with Crippen molar-refractivity contribution in [3.63, 3.8) is 0 Å². The molecule has 1 fully saturated rings. The molecule has 22 heavy (non-hydrogen) atoms. The van der Waals surface area contributed by atoms with Gasteiger partial charge in [0.15, 0.2) is 0 Å². The molecule has 0 amide bonds. The Labute approximate surface area is 141 Å². The van der Waals surface area contributed by atoms with Crippen molar-refractivity contribution in [3.05, 3.63) is 64.4 Å². The number of hydrogen-bond donors (Lipinski definition) is 1. The minimum absolute atomic E-state index is 0. The smallest absolute Gasteiger partial charge is 0.142 e. The molecule has 3 rings (SSSR count). The van der Waals surface area contributed by atoms with Crippen LogP contribution in [0.3, 0.4) is 0 Å². The fraction of sp³-hybridized carbons (Fsp3) is 0.294. The Balaban J connectivity index is 0.00000176. The van der Waals surface area contributed by atoms with Crippen LogP contribution in [0.4, 0.5) is 4.39 Å². The van der Waals surface area contributed by atoms with Crippen molar-refractivity contribution in [2.45, 2.75) is 13.0 Å². The lowest BCUT2D eigenvalue weighted by molar-refractivity contribution is 0.0983. The molecule has 118 valence electrons. The largest absolute Gasteiger partial charge is 0.485 e. The summed E-state index contributed by atoms with van der Waals surface area (Å²) >= 11 is 5.77. The van der Waals surface area contributed by atoms with Gasteiger partial charge in [0, 0.05) is 19.0 Å². The lowest BCUT2D eigenvalue weighted by Crippen LogP contribution is -2.46. The number of benzene rings is 2. The molecule has 0 saturated carbocycles. The molecule has 0 aromatic heterocycles. The first-order chi connectivity index (χ1) is 10.1. The standard InChI is InChI=1S/C17H17ClFNO.ClH/c1-11-4-2-3-5-16(11)21-17(13-9-20-10-13)12-6-7-14(18)15(19)8-12;/h2-8,13,17,20H,9-10H2,1H3;1H/t17-;/m1./s1. The van der Waals surface area contributed by atoms with Gasteiger partial charge in [-0.25, -0.2) is 4.39 Å². The summed E-state index contributed by atoms with van der Waals surface area (Å²) in [6.45, 7) is 3.76. The van der Waals surface area contributed by atoms with Crippen LogP contribution >= 0.6 is 24.0 Å². The fourth-order valence-corrected chi connectivity index (χ4v) is 2.59. The number of rotatable bonds is 4. The summed E-state index contributed by atoms with van der Waals surface area (Å²) < 4.78 is 19.9. The lowest BCUT2D eigenvalue weighted by atomic mass is 9.90. The summed E-state index contributed by atoms with van der Waals surface area (Å²) in [6.07, 6.45) is -0.167. The van der Waals surface area contributed by atoms with Crippen molar-refractivity contribution in [1.29, 1.82) is 0 Å². The van der Waals surface area contributed by atoms with Gasteiger partial charge in [-0.15, -0.1) is 12.4 Å². The van der Waals surface area contributed by atoms with Crippen molar-refractivity contribution in [2.24, 2.45) is 5.92 Å². The van der Waals surface area contributed by atoms with E-state index in [1.807, 2.05) is 37.3 Å². The number of ether oxygens (including phenoxy) is 1. The molecule has 1 aliphatic heterocycles. The predicted molar refractivity (Wildman–Crippen MR) is 89.6 cm³/mol. The van der Waals surface area contributed by atoms with Gasteiger partial charge in [0.1, 0.15) is 17.7 Å². The quantitative estimate of drug-likeness (QED) is 0.880. The van der Waals surface area contributed by atoms with E-state index in [2.05, 4.69) is 5.32 Å². The van der Waals surface area contributed by atoms with E-state index in [9.17, 15) is 4.39 Å². The van der Waals surface area contributed by atoms with E-state index < -0.39 is 5.82 Å². The monoisotopic (exact) mass is 341 g/mol. The first kappa shape index (κ1) is 17.1. The number of para-hydroxylation sites is 1. The predicted octanol–water partition coefficient (Wildman–Crippen LogP) is 4.55.